The van der Waals surface area contributed by atoms with Crippen LogP contribution in [0.25, 0.3) is 0 Å². The van der Waals surface area contributed by atoms with Crippen molar-refractivity contribution in [2.24, 2.45) is 5.73 Å². The van der Waals surface area contributed by atoms with Crippen molar-refractivity contribution in [2.75, 3.05) is 12.3 Å². The van der Waals surface area contributed by atoms with Gasteiger partial charge in [-0.15, -0.1) is 0 Å². The van der Waals surface area contributed by atoms with Crippen molar-refractivity contribution in [3.63, 3.8) is 0 Å². The minimum absolute atomic E-state index is 0.0981. The van der Waals surface area contributed by atoms with E-state index in [1.54, 1.807) is 6.92 Å². The molecule has 0 bridgehead atoms. The Kier molecular flexibility index (Phi) is 10.8. The van der Waals surface area contributed by atoms with Crippen LogP contribution in [0.1, 0.15) is 33.1 Å². The molecule has 0 aliphatic carbocycles. The normalized spacial score (nSPS) is 14.2. The van der Waals surface area contributed by atoms with E-state index in [4.69, 9.17) is 10.8 Å². The first-order valence-electron chi connectivity index (χ1n) is 7.66. The van der Waals surface area contributed by atoms with Crippen molar-refractivity contribution in [1.82, 2.24) is 16.0 Å². The van der Waals surface area contributed by atoms with Gasteiger partial charge in [-0.05, 0) is 13.3 Å². The van der Waals surface area contributed by atoms with E-state index in [9.17, 15) is 19.2 Å². The molecule has 0 fully saturated rings. The number of carboxylic acid groups (broad SMARTS) is 1. The molecular weight excluding hydrogens is 336 g/mol. The van der Waals surface area contributed by atoms with Crippen LogP contribution in [0.4, 0.5) is 0 Å². The fourth-order valence-corrected chi connectivity index (χ4v) is 1.77. The van der Waals surface area contributed by atoms with Crippen LogP contribution in [-0.4, -0.2) is 59.2 Å². The predicted molar refractivity (Wildman–Crippen MR) is 91.5 cm³/mol. The molecule has 138 valence electrons. The number of rotatable bonds is 11. The molecule has 9 nitrogen and oxygen atoms in total. The Hall–Kier alpha value is -1.81. The Labute approximate surface area is 146 Å². The number of nitrogens with one attached hydrogen (secondary N) is 3. The van der Waals surface area contributed by atoms with E-state index >= 15 is 0 Å². The van der Waals surface area contributed by atoms with Crippen molar-refractivity contribution < 1.29 is 24.3 Å². The van der Waals surface area contributed by atoms with Crippen LogP contribution in [0.3, 0.4) is 0 Å². The topological polar surface area (TPSA) is 151 Å². The van der Waals surface area contributed by atoms with E-state index in [0.717, 1.165) is 0 Å². The minimum atomic E-state index is -1.25. The summed E-state index contributed by atoms with van der Waals surface area (Å²) in [6.07, 6.45) is 0.406. The standard InChI is InChI=1S/C14H26N4O5S/c1-3-4-11(19)16-6-9(15)13(22)18-10(5-12(20)21)14(23)17-8(2)7-24/h8-10,24H,3-7,15H2,1-2H3,(H,16,19)(H,17,23)(H,18,22)(H,20,21)/t8-,9+,10+/m1/s1. The lowest BCUT2D eigenvalue weighted by Gasteiger charge is -2.21. The van der Waals surface area contributed by atoms with Gasteiger partial charge >= 0.3 is 5.97 Å². The van der Waals surface area contributed by atoms with Crippen LogP contribution in [-0.2, 0) is 19.2 Å². The molecule has 0 rings (SSSR count). The first-order valence-corrected chi connectivity index (χ1v) is 8.30. The van der Waals surface area contributed by atoms with Gasteiger partial charge in [0.25, 0.3) is 0 Å². The number of carboxylic acids is 1. The Bertz CT molecular complexity index is 460. The summed E-state index contributed by atoms with van der Waals surface area (Å²) >= 11 is 4.02. The van der Waals surface area contributed by atoms with Gasteiger partial charge < -0.3 is 26.8 Å². The van der Waals surface area contributed by atoms with Gasteiger partial charge in [-0.2, -0.15) is 12.6 Å². The number of nitrogens with two attached hydrogens (primary N) is 1. The number of carbonyl (C=O) groups excluding carboxylic acids is 3. The first-order chi connectivity index (χ1) is 11.2. The third-order valence-electron chi connectivity index (χ3n) is 3.01. The van der Waals surface area contributed by atoms with Gasteiger partial charge in [0.2, 0.25) is 17.7 Å². The van der Waals surface area contributed by atoms with Crippen molar-refractivity contribution in [2.45, 2.75) is 51.2 Å². The summed E-state index contributed by atoms with van der Waals surface area (Å²) in [7, 11) is 0. The van der Waals surface area contributed by atoms with E-state index in [0.29, 0.717) is 18.6 Å². The van der Waals surface area contributed by atoms with E-state index in [-0.39, 0.29) is 18.5 Å². The molecular formula is C14H26N4O5S. The lowest BCUT2D eigenvalue weighted by molar-refractivity contribution is -0.140. The Balaban J connectivity index is 4.65. The van der Waals surface area contributed by atoms with Crippen LogP contribution in [0.5, 0.6) is 0 Å². The molecule has 0 aromatic rings. The van der Waals surface area contributed by atoms with Gasteiger partial charge in [-0.25, -0.2) is 0 Å². The molecule has 10 heteroatoms. The summed E-state index contributed by atoms with van der Waals surface area (Å²) in [5, 5.41) is 16.2. The van der Waals surface area contributed by atoms with E-state index in [1.165, 1.54) is 0 Å². The van der Waals surface area contributed by atoms with Crippen molar-refractivity contribution in [3.8, 4) is 0 Å². The maximum atomic E-state index is 12.0. The van der Waals surface area contributed by atoms with Crippen LogP contribution in [0, 0.1) is 0 Å². The number of aliphatic carboxylic acids is 1. The van der Waals surface area contributed by atoms with Crippen LogP contribution in [0.15, 0.2) is 0 Å². The molecule has 0 saturated carbocycles. The van der Waals surface area contributed by atoms with Crippen LogP contribution < -0.4 is 21.7 Å². The Morgan fingerprint density at radius 3 is 2.29 bits per heavy atom. The molecule has 0 unspecified atom stereocenters. The third kappa shape index (κ3) is 9.36. The summed E-state index contributed by atoms with van der Waals surface area (Å²) in [5.74, 6) is -2.45. The molecule has 0 radical (unpaired) electrons. The summed E-state index contributed by atoms with van der Waals surface area (Å²) in [6.45, 7) is 3.44. The van der Waals surface area contributed by atoms with Gasteiger partial charge in [0.05, 0.1) is 6.42 Å². The molecule has 0 saturated heterocycles. The number of hydrogen-bond donors (Lipinski definition) is 6. The number of hydrogen-bond acceptors (Lipinski definition) is 6. The number of thiol groups is 1. The molecule has 24 heavy (non-hydrogen) atoms. The summed E-state index contributed by atoms with van der Waals surface area (Å²) in [4.78, 5) is 46.2. The minimum Gasteiger partial charge on any atom is -0.481 e. The molecule has 0 aromatic carbocycles. The van der Waals surface area contributed by atoms with E-state index in [1.807, 2.05) is 6.92 Å². The molecule has 0 aromatic heterocycles. The second-order valence-electron chi connectivity index (χ2n) is 5.41. The van der Waals surface area contributed by atoms with Crippen molar-refractivity contribution in [3.05, 3.63) is 0 Å². The van der Waals surface area contributed by atoms with Crippen LogP contribution in [0.2, 0.25) is 0 Å². The molecule has 0 heterocycles. The second-order valence-corrected chi connectivity index (χ2v) is 5.78. The fraction of sp³-hybridized carbons (Fsp3) is 0.714. The maximum Gasteiger partial charge on any atom is 0.305 e. The van der Waals surface area contributed by atoms with Crippen molar-refractivity contribution >= 4 is 36.3 Å². The molecule has 0 aliphatic heterocycles. The monoisotopic (exact) mass is 362 g/mol. The van der Waals surface area contributed by atoms with Crippen LogP contribution >= 0.6 is 12.6 Å². The SMILES string of the molecule is CCCC(=O)NC[C@H](N)C(=O)N[C@@H](CC(=O)O)C(=O)N[C@H](C)CS. The predicted octanol–water partition coefficient (Wildman–Crippen LogP) is -1.38. The lowest BCUT2D eigenvalue weighted by atomic mass is 10.1. The second kappa shape index (κ2) is 11.7. The zero-order valence-electron chi connectivity index (χ0n) is 13.9. The highest BCUT2D eigenvalue weighted by Gasteiger charge is 2.26. The quantitative estimate of drug-likeness (QED) is 0.249. The third-order valence-corrected chi connectivity index (χ3v) is 3.55. The highest BCUT2D eigenvalue weighted by Crippen LogP contribution is 1.97. The largest absolute Gasteiger partial charge is 0.481 e. The highest BCUT2D eigenvalue weighted by molar-refractivity contribution is 7.80. The molecule has 0 aliphatic rings. The van der Waals surface area contributed by atoms with Gasteiger partial charge in [-0.3, -0.25) is 19.2 Å². The van der Waals surface area contributed by atoms with Gasteiger partial charge in [0.15, 0.2) is 0 Å². The molecule has 3 amide bonds. The van der Waals surface area contributed by atoms with Gasteiger partial charge in [-0.1, -0.05) is 6.92 Å². The highest BCUT2D eigenvalue weighted by atomic mass is 32.1. The average molecular weight is 362 g/mol. The van der Waals surface area contributed by atoms with E-state index in [2.05, 4.69) is 28.6 Å². The van der Waals surface area contributed by atoms with Gasteiger partial charge in [0, 0.05) is 24.8 Å². The number of carbonyl (C=O) groups is 4. The fourth-order valence-electron chi connectivity index (χ4n) is 1.68. The summed E-state index contributed by atoms with van der Waals surface area (Å²) < 4.78 is 0. The number of amides is 3. The Morgan fingerprint density at radius 2 is 1.79 bits per heavy atom. The molecule has 0 spiro atoms. The Morgan fingerprint density at radius 1 is 1.17 bits per heavy atom. The lowest BCUT2D eigenvalue weighted by Crippen LogP contribution is -2.55. The zero-order valence-corrected chi connectivity index (χ0v) is 14.8. The summed E-state index contributed by atoms with van der Waals surface area (Å²) in [6, 6.07) is -2.62. The van der Waals surface area contributed by atoms with Gasteiger partial charge in [0.1, 0.15) is 12.1 Å². The maximum absolute atomic E-state index is 12.0. The first kappa shape index (κ1) is 22.2. The van der Waals surface area contributed by atoms with E-state index < -0.39 is 36.3 Å². The molecule has 6 N–H and O–H groups in total. The zero-order chi connectivity index (χ0) is 18.7. The van der Waals surface area contributed by atoms with Crippen molar-refractivity contribution in [1.29, 1.82) is 0 Å². The smallest absolute Gasteiger partial charge is 0.305 e. The average Bonchev–Trinajstić information content (AvgIpc) is 2.51. The summed E-state index contributed by atoms with van der Waals surface area (Å²) in [5.41, 5.74) is 5.65. The molecule has 3 atom stereocenters.